The summed E-state index contributed by atoms with van der Waals surface area (Å²) in [5.41, 5.74) is 3.11. The maximum atomic E-state index is 13.9. The van der Waals surface area contributed by atoms with E-state index < -0.39 is 0 Å². The monoisotopic (exact) mass is 526 g/mol. The number of nitrogens with one attached hydrogen (secondary N) is 1. The summed E-state index contributed by atoms with van der Waals surface area (Å²) >= 11 is 0. The molecule has 0 bridgehead atoms. The predicted octanol–water partition coefficient (Wildman–Crippen LogP) is 6.13. The van der Waals surface area contributed by atoms with Crippen LogP contribution in [0.4, 0.5) is 0 Å². The van der Waals surface area contributed by atoms with Crippen molar-refractivity contribution in [3.05, 3.63) is 90.1 Å². The van der Waals surface area contributed by atoms with E-state index >= 15 is 0 Å². The molecule has 0 atom stereocenters. The number of aromatic nitrogens is 2. The van der Waals surface area contributed by atoms with E-state index in [1.807, 2.05) is 36.4 Å². The molecule has 1 N–H and O–H groups in total. The lowest BCUT2D eigenvalue weighted by atomic mass is 9.93. The van der Waals surface area contributed by atoms with Gasteiger partial charge >= 0.3 is 0 Å². The van der Waals surface area contributed by atoms with Crippen LogP contribution < -0.4 is 5.32 Å². The minimum Gasteiger partial charge on any atom is -0.459 e. The highest BCUT2D eigenvalue weighted by atomic mass is 16.3. The number of amides is 2. The molecule has 2 aromatic heterocycles. The highest BCUT2D eigenvalue weighted by molar-refractivity contribution is 5.91. The number of aryl methyl sites for hydroxylation is 1. The van der Waals surface area contributed by atoms with E-state index in [2.05, 4.69) is 33.0 Å². The second-order valence-corrected chi connectivity index (χ2v) is 10.4. The largest absolute Gasteiger partial charge is 0.459 e. The first-order chi connectivity index (χ1) is 19.2. The molecule has 204 valence electrons. The van der Waals surface area contributed by atoms with Gasteiger partial charge in [0.2, 0.25) is 5.91 Å². The summed E-state index contributed by atoms with van der Waals surface area (Å²) in [5, 5.41) is 2.90. The minimum absolute atomic E-state index is 0.163. The number of rotatable bonds is 12. The molecule has 2 aromatic carbocycles. The smallest absolute Gasteiger partial charge is 0.286 e. The number of imidazole rings is 1. The van der Waals surface area contributed by atoms with E-state index in [0.717, 1.165) is 55.4 Å². The summed E-state index contributed by atoms with van der Waals surface area (Å²) in [5.74, 6) is 1.27. The molecule has 7 nitrogen and oxygen atoms in total. The zero-order valence-corrected chi connectivity index (χ0v) is 22.6. The number of benzene rings is 2. The van der Waals surface area contributed by atoms with Crippen LogP contribution in [0, 0.1) is 0 Å². The number of carbonyl (C=O) groups excluding carboxylic acids is 2. The molecule has 0 aliphatic heterocycles. The van der Waals surface area contributed by atoms with Crippen LogP contribution in [0.3, 0.4) is 0 Å². The fourth-order valence-corrected chi connectivity index (χ4v) is 5.59. The molecule has 5 rings (SSSR count). The molecular formula is C32H38N4O3. The van der Waals surface area contributed by atoms with Crippen LogP contribution in [0.5, 0.6) is 0 Å². The van der Waals surface area contributed by atoms with Crippen LogP contribution >= 0.6 is 0 Å². The van der Waals surface area contributed by atoms with E-state index in [-0.39, 0.29) is 11.8 Å². The van der Waals surface area contributed by atoms with Crippen molar-refractivity contribution in [1.82, 2.24) is 19.8 Å². The third kappa shape index (κ3) is 6.96. The number of hydrogen-bond donors (Lipinski definition) is 1. The number of para-hydroxylation sites is 2. The lowest BCUT2D eigenvalue weighted by Crippen LogP contribution is -2.42. The lowest BCUT2D eigenvalue weighted by Gasteiger charge is -2.35. The molecule has 4 aromatic rings. The van der Waals surface area contributed by atoms with Gasteiger partial charge in [0.05, 0.1) is 17.3 Å². The SMILES string of the molecule is O=C(NCCCCCc1nc2ccccc2n1CC(=O)N(Cc1ccccc1)C1CCCCC1)c1ccco1. The molecule has 0 unspecified atom stereocenters. The molecular weight excluding hydrogens is 488 g/mol. The predicted molar refractivity (Wildman–Crippen MR) is 152 cm³/mol. The van der Waals surface area contributed by atoms with E-state index in [9.17, 15) is 9.59 Å². The molecule has 2 amide bonds. The van der Waals surface area contributed by atoms with Crippen LogP contribution in [0.25, 0.3) is 11.0 Å². The second kappa shape index (κ2) is 13.3. The Morgan fingerprint density at radius 1 is 0.923 bits per heavy atom. The van der Waals surface area contributed by atoms with Crippen LogP contribution in [-0.4, -0.2) is 38.9 Å². The Morgan fingerprint density at radius 3 is 2.51 bits per heavy atom. The molecule has 1 aliphatic carbocycles. The number of furan rings is 1. The van der Waals surface area contributed by atoms with Gasteiger partial charge in [-0.25, -0.2) is 4.98 Å². The third-order valence-corrected chi connectivity index (χ3v) is 7.67. The van der Waals surface area contributed by atoms with Gasteiger partial charge in [-0.05, 0) is 55.5 Å². The van der Waals surface area contributed by atoms with E-state index in [1.54, 1.807) is 12.1 Å². The van der Waals surface area contributed by atoms with Gasteiger partial charge in [0.25, 0.3) is 5.91 Å². The fraction of sp³-hybridized carbons (Fsp3) is 0.406. The van der Waals surface area contributed by atoms with Crippen LogP contribution in [0.2, 0.25) is 0 Å². The fourth-order valence-electron chi connectivity index (χ4n) is 5.59. The maximum Gasteiger partial charge on any atom is 0.286 e. The van der Waals surface area contributed by atoms with Crippen LogP contribution in [-0.2, 0) is 24.3 Å². The molecule has 1 aliphatic rings. The zero-order chi connectivity index (χ0) is 26.9. The number of hydrogen-bond acceptors (Lipinski definition) is 4. The van der Waals surface area contributed by atoms with Crippen molar-refractivity contribution >= 4 is 22.8 Å². The number of carbonyl (C=O) groups is 2. The Hall–Kier alpha value is -3.87. The van der Waals surface area contributed by atoms with Gasteiger partial charge in [0, 0.05) is 25.6 Å². The average molecular weight is 527 g/mol. The molecule has 2 heterocycles. The number of nitrogens with zero attached hydrogens (tertiary/aromatic N) is 3. The van der Waals surface area contributed by atoms with Crippen molar-refractivity contribution in [2.75, 3.05) is 6.54 Å². The normalized spacial score (nSPS) is 13.9. The van der Waals surface area contributed by atoms with Gasteiger partial charge in [-0.1, -0.05) is 68.1 Å². The Bertz CT molecular complexity index is 1340. The minimum atomic E-state index is -0.182. The molecule has 0 radical (unpaired) electrons. The summed E-state index contributed by atoms with van der Waals surface area (Å²) in [4.78, 5) is 33.0. The first-order valence-corrected chi connectivity index (χ1v) is 14.3. The van der Waals surface area contributed by atoms with Crippen molar-refractivity contribution in [1.29, 1.82) is 0 Å². The van der Waals surface area contributed by atoms with Gasteiger partial charge in [-0.15, -0.1) is 0 Å². The van der Waals surface area contributed by atoms with Crippen molar-refractivity contribution in [2.24, 2.45) is 0 Å². The van der Waals surface area contributed by atoms with Crippen LogP contribution in [0.15, 0.2) is 77.4 Å². The first-order valence-electron chi connectivity index (χ1n) is 14.3. The van der Waals surface area contributed by atoms with Crippen molar-refractivity contribution in [3.8, 4) is 0 Å². The van der Waals surface area contributed by atoms with Gasteiger partial charge in [0.1, 0.15) is 12.4 Å². The molecule has 1 saturated carbocycles. The van der Waals surface area contributed by atoms with E-state index in [1.165, 1.54) is 31.1 Å². The molecule has 7 heteroatoms. The number of unbranched alkanes of at least 4 members (excludes halogenated alkanes) is 2. The van der Waals surface area contributed by atoms with E-state index in [4.69, 9.17) is 9.40 Å². The highest BCUT2D eigenvalue weighted by Gasteiger charge is 2.27. The Kier molecular flexibility index (Phi) is 9.09. The summed E-state index contributed by atoms with van der Waals surface area (Å²) in [7, 11) is 0. The van der Waals surface area contributed by atoms with Crippen molar-refractivity contribution < 1.29 is 14.0 Å². The van der Waals surface area contributed by atoms with Gasteiger partial charge < -0.3 is 19.2 Å². The topological polar surface area (TPSA) is 80.4 Å². The van der Waals surface area contributed by atoms with Gasteiger partial charge in [-0.3, -0.25) is 9.59 Å². The molecule has 39 heavy (non-hydrogen) atoms. The lowest BCUT2D eigenvalue weighted by molar-refractivity contribution is -0.135. The Labute approximate surface area is 230 Å². The third-order valence-electron chi connectivity index (χ3n) is 7.67. The number of fused-ring (bicyclic) bond motifs is 1. The summed E-state index contributed by atoms with van der Waals surface area (Å²) < 4.78 is 7.26. The van der Waals surface area contributed by atoms with E-state index in [0.29, 0.717) is 31.4 Å². The average Bonchev–Trinajstić information content (AvgIpc) is 3.63. The molecule has 0 saturated heterocycles. The van der Waals surface area contributed by atoms with Crippen LogP contribution in [0.1, 0.15) is 73.3 Å². The molecule has 1 fully saturated rings. The second-order valence-electron chi connectivity index (χ2n) is 10.4. The maximum absolute atomic E-state index is 13.9. The standard InChI is InChI=1S/C32H38N4O3/c37-31(35(26-15-6-2-7-16-26)23-25-13-4-1-5-14-25)24-36-28-18-10-9-17-27(28)34-30(36)20-8-3-11-21-33-32(38)29-19-12-22-39-29/h1,4-5,9-10,12-14,17-19,22,26H,2-3,6-8,11,15-16,20-21,23-24H2,(H,33,38). The Balaban J connectivity index is 1.24. The van der Waals surface area contributed by atoms with Crippen molar-refractivity contribution in [3.63, 3.8) is 0 Å². The molecule has 0 spiro atoms. The quantitative estimate of drug-likeness (QED) is 0.225. The highest BCUT2D eigenvalue weighted by Crippen LogP contribution is 2.26. The summed E-state index contributed by atoms with van der Waals surface area (Å²) in [6, 6.07) is 22.1. The summed E-state index contributed by atoms with van der Waals surface area (Å²) in [6.45, 7) is 1.55. The zero-order valence-electron chi connectivity index (χ0n) is 22.6. The van der Waals surface area contributed by atoms with Gasteiger partial charge in [0.15, 0.2) is 5.76 Å². The first kappa shape index (κ1) is 26.7. The van der Waals surface area contributed by atoms with Gasteiger partial charge in [-0.2, -0.15) is 0 Å². The Morgan fingerprint density at radius 2 is 1.72 bits per heavy atom. The summed E-state index contributed by atoms with van der Waals surface area (Å²) in [6.07, 6.45) is 10.8. The van der Waals surface area contributed by atoms with Crippen molar-refractivity contribution in [2.45, 2.75) is 76.9 Å².